The molecular formula is C10H14F2. The van der Waals surface area contributed by atoms with Crippen molar-refractivity contribution >= 4 is 0 Å². The Bertz CT molecular complexity index is 231. The van der Waals surface area contributed by atoms with E-state index in [4.69, 9.17) is 0 Å². The Labute approximate surface area is 72.2 Å². The van der Waals surface area contributed by atoms with Crippen molar-refractivity contribution in [1.29, 1.82) is 0 Å². The predicted octanol–water partition coefficient (Wildman–Crippen LogP) is 3.69. The second-order valence-corrected chi connectivity index (χ2v) is 2.62. The van der Waals surface area contributed by atoms with Crippen LogP contribution in [0.5, 0.6) is 0 Å². The van der Waals surface area contributed by atoms with Gasteiger partial charge in [0, 0.05) is 0 Å². The first-order chi connectivity index (χ1) is 5.61. The maximum absolute atomic E-state index is 12.2. The van der Waals surface area contributed by atoms with Crippen molar-refractivity contribution in [2.24, 2.45) is 0 Å². The van der Waals surface area contributed by atoms with E-state index in [2.05, 4.69) is 13.8 Å². The third-order valence-electron chi connectivity index (χ3n) is 1.08. The summed E-state index contributed by atoms with van der Waals surface area (Å²) in [5.41, 5.74) is 0.730. The molecule has 2 heteroatoms. The number of hydrogen-bond donors (Lipinski definition) is 0. The van der Waals surface area contributed by atoms with Crippen molar-refractivity contribution in [3.63, 3.8) is 0 Å². The SMILES string of the molecule is CCC.Cc1ccc(F)c(F)c1. The molecule has 68 valence electrons. The summed E-state index contributed by atoms with van der Waals surface area (Å²) in [6.07, 6.45) is 1.25. The Morgan fingerprint density at radius 1 is 1.08 bits per heavy atom. The maximum atomic E-state index is 12.2. The third-order valence-corrected chi connectivity index (χ3v) is 1.08. The number of aryl methyl sites for hydroxylation is 1. The van der Waals surface area contributed by atoms with Crippen LogP contribution < -0.4 is 0 Å². The highest BCUT2D eigenvalue weighted by molar-refractivity contribution is 5.15. The van der Waals surface area contributed by atoms with Crippen molar-refractivity contribution in [2.75, 3.05) is 0 Å². The second kappa shape index (κ2) is 5.70. The molecule has 0 radical (unpaired) electrons. The van der Waals surface area contributed by atoms with E-state index >= 15 is 0 Å². The minimum Gasteiger partial charge on any atom is -0.204 e. The van der Waals surface area contributed by atoms with Gasteiger partial charge < -0.3 is 0 Å². The largest absolute Gasteiger partial charge is 0.204 e. The maximum Gasteiger partial charge on any atom is 0.159 e. The standard InChI is InChI=1S/C7H6F2.C3H8/c1-5-2-3-6(8)7(9)4-5;1-3-2/h2-4H,1H3;3H2,1-2H3. The van der Waals surface area contributed by atoms with Crippen LogP contribution in [0.25, 0.3) is 0 Å². The molecule has 0 atom stereocenters. The van der Waals surface area contributed by atoms with E-state index in [0.29, 0.717) is 0 Å². The molecular weight excluding hydrogens is 158 g/mol. The average molecular weight is 172 g/mol. The molecule has 0 aliphatic heterocycles. The van der Waals surface area contributed by atoms with Crippen LogP contribution in [-0.2, 0) is 0 Å². The summed E-state index contributed by atoms with van der Waals surface area (Å²) in [7, 11) is 0. The van der Waals surface area contributed by atoms with Crippen LogP contribution in [0, 0.1) is 18.6 Å². The van der Waals surface area contributed by atoms with Gasteiger partial charge in [-0.3, -0.25) is 0 Å². The zero-order chi connectivity index (χ0) is 9.56. The molecule has 0 spiro atoms. The highest BCUT2D eigenvalue weighted by Gasteiger charge is 1.97. The summed E-state index contributed by atoms with van der Waals surface area (Å²) in [5, 5.41) is 0. The van der Waals surface area contributed by atoms with E-state index in [0.717, 1.165) is 17.7 Å². The Hall–Kier alpha value is -0.920. The lowest BCUT2D eigenvalue weighted by Gasteiger charge is -1.91. The average Bonchev–Trinajstić information content (AvgIpc) is 1.99. The van der Waals surface area contributed by atoms with Crippen LogP contribution in [0.2, 0.25) is 0 Å². The lowest BCUT2D eigenvalue weighted by atomic mass is 10.2. The minimum absolute atomic E-state index is 0.730. The Balaban J connectivity index is 0.000000354. The van der Waals surface area contributed by atoms with Crippen molar-refractivity contribution in [2.45, 2.75) is 27.2 Å². The molecule has 0 heterocycles. The predicted molar refractivity (Wildman–Crippen MR) is 47.1 cm³/mol. The first kappa shape index (κ1) is 11.1. The molecule has 1 rings (SSSR count). The van der Waals surface area contributed by atoms with E-state index in [1.807, 2.05) is 0 Å². The van der Waals surface area contributed by atoms with Gasteiger partial charge in [-0.05, 0) is 24.6 Å². The fourth-order valence-corrected chi connectivity index (χ4v) is 0.601. The van der Waals surface area contributed by atoms with Gasteiger partial charge in [-0.25, -0.2) is 8.78 Å². The normalized spacial score (nSPS) is 8.75. The van der Waals surface area contributed by atoms with Crippen LogP contribution in [0.1, 0.15) is 25.8 Å². The van der Waals surface area contributed by atoms with Gasteiger partial charge in [-0.2, -0.15) is 0 Å². The molecule has 0 saturated heterocycles. The van der Waals surface area contributed by atoms with Gasteiger partial charge in [-0.15, -0.1) is 0 Å². The summed E-state index contributed by atoms with van der Waals surface area (Å²) in [4.78, 5) is 0. The van der Waals surface area contributed by atoms with Crippen LogP contribution in [0.4, 0.5) is 8.78 Å². The molecule has 0 bridgehead atoms. The number of hydrogen-bond acceptors (Lipinski definition) is 0. The van der Waals surface area contributed by atoms with Gasteiger partial charge >= 0.3 is 0 Å². The first-order valence-corrected chi connectivity index (χ1v) is 4.03. The van der Waals surface area contributed by atoms with Crippen LogP contribution >= 0.6 is 0 Å². The van der Waals surface area contributed by atoms with E-state index in [1.54, 1.807) is 6.92 Å². The van der Waals surface area contributed by atoms with Crippen molar-refractivity contribution in [1.82, 2.24) is 0 Å². The number of halogens is 2. The zero-order valence-electron chi connectivity index (χ0n) is 7.70. The lowest BCUT2D eigenvalue weighted by molar-refractivity contribution is 0.508. The number of benzene rings is 1. The Morgan fingerprint density at radius 3 is 1.92 bits per heavy atom. The van der Waals surface area contributed by atoms with Crippen molar-refractivity contribution < 1.29 is 8.78 Å². The molecule has 0 amide bonds. The molecule has 0 N–H and O–H groups in total. The van der Waals surface area contributed by atoms with Gasteiger partial charge in [0.25, 0.3) is 0 Å². The number of rotatable bonds is 0. The van der Waals surface area contributed by atoms with Crippen molar-refractivity contribution in [3.05, 3.63) is 35.4 Å². The topological polar surface area (TPSA) is 0 Å². The Morgan fingerprint density at radius 2 is 1.58 bits per heavy atom. The van der Waals surface area contributed by atoms with Gasteiger partial charge in [0.1, 0.15) is 0 Å². The van der Waals surface area contributed by atoms with Crippen LogP contribution in [-0.4, -0.2) is 0 Å². The fourth-order valence-electron chi connectivity index (χ4n) is 0.601. The Kier molecular flexibility index (Phi) is 5.26. The van der Waals surface area contributed by atoms with Gasteiger partial charge in [0.05, 0.1) is 0 Å². The molecule has 0 saturated carbocycles. The van der Waals surface area contributed by atoms with Gasteiger partial charge in [0.2, 0.25) is 0 Å². The van der Waals surface area contributed by atoms with Crippen LogP contribution in [0.3, 0.4) is 0 Å². The smallest absolute Gasteiger partial charge is 0.159 e. The highest BCUT2D eigenvalue weighted by atomic mass is 19.2. The van der Waals surface area contributed by atoms with Crippen LogP contribution in [0.15, 0.2) is 18.2 Å². The molecule has 0 aliphatic carbocycles. The summed E-state index contributed by atoms with van der Waals surface area (Å²) in [6, 6.07) is 3.80. The third kappa shape index (κ3) is 4.06. The second-order valence-electron chi connectivity index (χ2n) is 2.62. The molecule has 1 aromatic carbocycles. The molecule has 0 aliphatic rings. The molecule has 0 unspecified atom stereocenters. The lowest BCUT2D eigenvalue weighted by Crippen LogP contribution is -1.82. The van der Waals surface area contributed by atoms with E-state index in [-0.39, 0.29) is 0 Å². The van der Waals surface area contributed by atoms with Gasteiger partial charge in [0.15, 0.2) is 11.6 Å². The minimum atomic E-state index is -0.791. The van der Waals surface area contributed by atoms with Crippen molar-refractivity contribution in [3.8, 4) is 0 Å². The summed E-state index contributed by atoms with van der Waals surface area (Å²) < 4.78 is 24.3. The van der Waals surface area contributed by atoms with E-state index in [1.165, 1.54) is 12.5 Å². The molecule has 12 heavy (non-hydrogen) atoms. The molecule has 0 nitrogen and oxygen atoms in total. The van der Waals surface area contributed by atoms with E-state index in [9.17, 15) is 8.78 Å². The summed E-state index contributed by atoms with van der Waals surface area (Å²) >= 11 is 0. The summed E-state index contributed by atoms with van der Waals surface area (Å²) in [5.74, 6) is -1.57. The summed E-state index contributed by atoms with van der Waals surface area (Å²) in [6.45, 7) is 5.96. The van der Waals surface area contributed by atoms with E-state index < -0.39 is 11.6 Å². The quantitative estimate of drug-likeness (QED) is 0.560. The van der Waals surface area contributed by atoms with Gasteiger partial charge in [-0.1, -0.05) is 26.3 Å². The molecule has 1 aromatic rings. The first-order valence-electron chi connectivity index (χ1n) is 4.03. The zero-order valence-corrected chi connectivity index (χ0v) is 7.70. The fraction of sp³-hybridized carbons (Fsp3) is 0.400. The highest BCUT2D eigenvalue weighted by Crippen LogP contribution is 2.06. The molecule has 0 fully saturated rings. The monoisotopic (exact) mass is 172 g/mol. The molecule has 0 aromatic heterocycles.